The van der Waals surface area contributed by atoms with E-state index in [2.05, 4.69) is 44.7 Å². The molecule has 0 bridgehead atoms. The van der Waals surface area contributed by atoms with E-state index in [1.807, 2.05) is 12.2 Å². The van der Waals surface area contributed by atoms with Gasteiger partial charge in [0.05, 0.1) is 6.61 Å². The lowest BCUT2D eigenvalue weighted by molar-refractivity contribution is 0.342. The number of aliphatic hydroxyl groups excluding tert-OH is 1. The maximum Gasteiger partial charge on any atom is 0.0612 e. The zero-order chi connectivity index (χ0) is 14.1. The van der Waals surface area contributed by atoms with Crippen LogP contribution in [0.2, 0.25) is 0 Å². The molecule has 0 saturated heterocycles. The first-order valence-corrected chi connectivity index (χ1v) is 6.80. The van der Waals surface area contributed by atoms with Gasteiger partial charge in [0.2, 0.25) is 0 Å². The van der Waals surface area contributed by atoms with Gasteiger partial charge in [-0.05, 0) is 49.8 Å². The van der Waals surface area contributed by atoms with Crippen LogP contribution in [-0.2, 0) is 6.42 Å². The van der Waals surface area contributed by atoms with E-state index in [9.17, 15) is 0 Å². The molecule has 1 heteroatoms. The second-order valence-corrected chi connectivity index (χ2v) is 4.79. The minimum absolute atomic E-state index is 0.111. The van der Waals surface area contributed by atoms with Crippen molar-refractivity contribution < 1.29 is 5.11 Å². The minimum Gasteiger partial charge on any atom is -0.392 e. The lowest BCUT2D eigenvalue weighted by Crippen LogP contribution is -1.93. The highest BCUT2D eigenvalue weighted by atomic mass is 16.2. The van der Waals surface area contributed by atoms with Crippen molar-refractivity contribution in [3.8, 4) is 0 Å². The van der Waals surface area contributed by atoms with Gasteiger partial charge in [-0.15, -0.1) is 0 Å². The monoisotopic (exact) mass is 256 g/mol. The summed E-state index contributed by atoms with van der Waals surface area (Å²) in [6, 6.07) is 8.52. The molecular formula is C18H24O. The molecule has 0 spiro atoms. The summed E-state index contributed by atoms with van der Waals surface area (Å²) < 4.78 is 0. The lowest BCUT2D eigenvalue weighted by atomic mass is 9.97. The van der Waals surface area contributed by atoms with Crippen LogP contribution in [0.25, 0.3) is 0 Å². The molecule has 1 nitrogen and oxygen atoms in total. The molecule has 0 atom stereocenters. The highest BCUT2D eigenvalue weighted by Crippen LogP contribution is 2.18. The Balaban J connectivity index is 2.67. The van der Waals surface area contributed by atoms with E-state index in [-0.39, 0.29) is 6.61 Å². The fraction of sp³-hybridized carbons (Fsp3) is 0.333. The molecule has 0 aromatic heterocycles. The molecule has 0 heterocycles. The van der Waals surface area contributed by atoms with Gasteiger partial charge in [-0.25, -0.2) is 0 Å². The predicted molar refractivity (Wildman–Crippen MR) is 83.2 cm³/mol. The van der Waals surface area contributed by atoms with E-state index in [1.165, 1.54) is 22.3 Å². The second kappa shape index (κ2) is 8.49. The average Bonchev–Trinajstić information content (AvgIpc) is 2.41. The summed E-state index contributed by atoms with van der Waals surface area (Å²) in [5, 5.41) is 8.73. The minimum atomic E-state index is 0.111. The molecular weight excluding hydrogens is 232 g/mol. The average molecular weight is 256 g/mol. The van der Waals surface area contributed by atoms with Crippen molar-refractivity contribution in [1.29, 1.82) is 0 Å². The quantitative estimate of drug-likeness (QED) is 0.567. The zero-order valence-corrected chi connectivity index (χ0v) is 12.0. The van der Waals surface area contributed by atoms with E-state index < -0.39 is 0 Å². The first-order valence-electron chi connectivity index (χ1n) is 6.80. The third-order valence-electron chi connectivity index (χ3n) is 3.42. The number of rotatable bonds is 7. The summed E-state index contributed by atoms with van der Waals surface area (Å²) in [5.41, 5.74) is 5.39. The van der Waals surface area contributed by atoms with Crippen molar-refractivity contribution in [1.82, 2.24) is 0 Å². The van der Waals surface area contributed by atoms with Crippen LogP contribution < -0.4 is 0 Å². The molecule has 0 unspecified atom stereocenters. The van der Waals surface area contributed by atoms with Crippen LogP contribution in [0.4, 0.5) is 0 Å². The molecule has 0 aliphatic carbocycles. The smallest absolute Gasteiger partial charge is 0.0612 e. The molecule has 19 heavy (non-hydrogen) atoms. The van der Waals surface area contributed by atoms with Crippen LogP contribution in [0.1, 0.15) is 30.9 Å². The summed E-state index contributed by atoms with van der Waals surface area (Å²) in [7, 11) is 0. The molecule has 0 aliphatic heterocycles. The topological polar surface area (TPSA) is 20.2 Å². The molecule has 0 amide bonds. The van der Waals surface area contributed by atoms with Crippen LogP contribution in [-0.4, -0.2) is 11.7 Å². The largest absolute Gasteiger partial charge is 0.392 e. The van der Waals surface area contributed by atoms with Gasteiger partial charge in [0.15, 0.2) is 0 Å². The highest BCUT2D eigenvalue weighted by Gasteiger charge is 2.01. The Bertz CT molecular complexity index is 466. The highest BCUT2D eigenvalue weighted by molar-refractivity contribution is 5.30. The number of hydrogen-bond donors (Lipinski definition) is 1. The molecule has 1 aromatic rings. The van der Waals surface area contributed by atoms with Gasteiger partial charge in [-0.1, -0.05) is 54.6 Å². The molecule has 0 radical (unpaired) electrons. The van der Waals surface area contributed by atoms with Crippen LogP contribution in [0.5, 0.6) is 0 Å². The van der Waals surface area contributed by atoms with Gasteiger partial charge >= 0.3 is 0 Å². The van der Waals surface area contributed by atoms with E-state index >= 15 is 0 Å². The van der Waals surface area contributed by atoms with Crippen LogP contribution >= 0.6 is 0 Å². The van der Waals surface area contributed by atoms with Gasteiger partial charge in [-0.3, -0.25) is 0 Å². The lowest BCUT2D eigenvalue weighted by Gasteiger charge is -2.09. The summed E-state index contributed by atoms with van der Waals surface area (Å²) in [6.45, 7) is 8.32. The molecule has 1 aromatic carbocycles. The fourth-order valence-corrected chi connectivity index (χ4v) is 2.12. The maximum atomic E-state index is 8.73. The molecule has 0 saturated carbocycles. The Labute approximate surface area is 117 Å². The zero-order valence-electron chi connectivity index (χ0n) is 12.0. The van der Waals surface area contributed by atoms with Crippen molar-refractivity contribution in [2.24, 2.45) is 0 Å². The molecule has 0 aliphatic rings. The van der Waals surface area contributed by atoms with Gasteiger partial charge in [-0.2, -0.15) is 0 Å². The summed E-state index contributed by atoms with van der Waals surface area (Å²) in [4.78, 5) is 0. The predicted octanol–water partition coefficient (Wildman–Crippen LogP) is 4.37. The van der Waals surface area contributed by atoms with Crippen molar-refractivity contribution >= 4 is 0 Å². The van der Waals surface area contributed by atoms with Gasteiger partial charge < -0.3 is 5.11 Å². The van der Waals surface area contributed by atoms with Crippen LogP contribution in [0.15, 0.2) is 60.2 Å². The second-order valence-electron chi connectivity index (χ2n) is 4.79. The number of aliphatic hydroxyl groups is 1. The molecule has 1 N–H and O–H groups in total. The van der Waals surface area contributed by atoms with E-state index in [1.54, 1.807) is 6.08 Å². The van der Waals surface area contributed by atoms with E-state index in [4.69, 9.17) is 5.11 Å². The standard InChI is InChI=1S/C18H24O/c1-4-17(15(2)10-7-8-14-19)12-13-18-11-6-5-9-16(18)3/h4-9,11,19H,1,10,12-14H2,2-3H3/b8-7-,17-15+. The van der Waals surface area contributed by atoms with Crippen molar-refractivity contribution in [3.05, 3.63) is 71.3 Å². The summed E-state index contributed by atoms with van der Waals surface area (Å²) in [6.07, 6.45) is 8.70. The number of allylic oxidation sites excluding steroid dienone is 4. The fourth-order valence-electron chi connectivity index (χ4n) is 2.12. The number of aryl methyl sites for hydroxylation is 2. The Morgan fingerprint density at radius 3 is 2.63 bits per heavy atom. The number of hydrogen-bond acceptors (Lipinski definition) is 1. The normalized spacial score (nSPS) is 12.6. The van der Waals surface area contributed by atoms with E-state index in [0.29, 0.717) is 0 Å². The first-order chi connectivity index (χ1) is 9.19. The first kappa shape index (κ1) is 15.5. The van der Waals surface area contributed by atoms with Crippen molar-refractivity contribution in [2.75, 3.05) is 6.61 Å². The van der Waals surface area contributed by atoms with Crippen molar-refractivity contribution in [3.63, 3.8) is 0 Å². The Morgan fingerprint density at radius 1 is 1.26 bits per heavy atom. The maximum absolute atomic E-state index is 8.73. The molecule has 0 fully saturated rings. The van der Waals surface area contributed by atoms with Gasteiger partial charge in [0.1, 0.15) is 0 Å². The SMILES string of the molecule is C=C/C(CCc1ccccc1C)=C(/C)C/C=C\CO. The Morgan fingerprint density at radius 2 is 2.00 bits per heavy atom. The molecule has 102 valence electrons. The number of benzene rings is 1. The Kier molecular flexibility index (Phi) is 6.91. The summed E-state index contributed by atoms with van der Waals surface area (Å²) in [5.74, 6) is 0. The molecule has 1 rings (SSSR count). The summed E-state index contributed by atoms with van der Waals surface area (Å²) >= 11 is 0. The van der Waals surface area contributed by atoms with Gasteiger partial charge in [0.25, 0.3) is 0 Å². The Hall–Kier alpha value is -1.60. The van der Waals surface area contributed by atoms with Crippen LogP contribution in [0, 0.1) is 6.92 Å². The van der Waals surface area contributed by atoms with Crippen molar-refractivity contribution in [2.45, 2.75) is 33.1 Å². The van der Waals surface area contributed by atoms with Gasteiger partial charge in [0, 0.05) is 0 Å². The third kappa shape index (κ3) is 5.27. The van der Waals surface area contributed by atoms with E-state index in [0.717, 1.165) is 19.3 Å². The third-order valence-corrected chi connectivity index (χ3v) is 3.42. The van der Waals surface area contributed by atoms with Crippen LogP contribution in [0.3, 0.4) is 0 Å².